The molecule has 1 fully saturated rings. The molecule has 0 spiro atoms. The highest BCUT2D eigenvalue weighted by Crippen LogP contribution is 2.21. The van der Waals surface area contributed by atoms with Crippen molar-refractivity contribution in [3.63, 3.8) is 0 Å². The molecule has 0 aromatic carbocycles. The molecule has 5 nitrogen and oxygen atoms in total. The van der Waals surface area contributed by atoms with Gasteiger partial charge in [-0.1, -0.05) is 0 Å². The first-order valence-corrected chi connectivity index (χ1v) is 8.11. The van der Waals surface area contributed by atoms with Gasteiger partial charge in [0, 0.05) is 18.0 Å². The van der Waals surface area contributed by atoms with E-state index in [0.717, 1.165) is 5.01 Å². The fourth-order valence-corrected chi connectivity index (χ4v) is 4.30. The van der Waals surface area contributed by atoms with Crippen LogP contribution in [0.5, 0.6) is 0 Å². The number of nitrogens with zero attached hydrogens (tertiary/aromatic N) is 1. The molecule has 1 aliphatic rings. The van der Waals surface area contributed by atoms with E-state index in [9.17, 15) is 13.2 Å². The molecule has 1 aromatic heterocycles. The van der Waals surface area contributed by atoms with E-state index in [2.05, 4.69) is 10.3 Å². The number of hydrogen-bond acceptors (Lipinski definition) is 5. The summed E-state index contributed by atoms with van der Waals surface area (Å²) >= 11 is 1.49. The molecule has 1 aromatic rings. The number of amides is 1. The molecule has 7 heteroatoms. The number of carbonyl (C=O) groups excluding carboxylic acids is 1. The van der Waals surface area contributed by atoms with Crippen LogP contribution in [-0.4, -0.2) is 30.8 Å². The lowest BCUT2D eigenvalue weighted by Gasteiger charge is -2.07. The Morgan fingerprint density at radius 2 is 2.41 bits per heavy atom. The summed E-state index contributed by atoms with van der Waals surface area (Å²) in [4.78, 5) is 15.6. The summed E-state index contributed by atoms with van der Waals surface area (Å²) in [7, 11) is -2.89. The van der Waals surface area contributed by atoms with Crippen LogP contribution >= 0.6 is 11.3 Å². The second-order valence-electron chi connectivity index (χ2n) is 4.18. The first-order chi connectivity index (χ1) is 8.05. The van der Waals surface area contributed by atoms with Gasteiger partial charge in [-0.15, -0.1) is 11.3 Å². The molecular formula is C10H14N2O3S2. The predicted octanol–water partition coefficient (Wildman–Crippen LogP) is 0.584. The van der Waals surface area contributed by atoms with Gasteiger partial charge in [-0.2, -0.15) is 0 Å². The molecule has 1 aliphatic heterocycles. The van der Waals surface area contributed by atoms with Crippen molar-refractivity contribution < 1.29 is 13.2 Å². The molecule has 2 heterocycles. The van der Waals surface area contributed by atoms with Gasteiger partial charge in [-0.05, 0) is 12.3 Å². The van der Waals surface area contributed by atoms with Crippen LogP contribution in [0.4, 0.5) is 0 Å². The number of sulfone groups is 1. The molecule has 1 unspecified atom stereocenters. The second kappa shape index (κ2) is 5.14. The number of aromatic nitrogens is 1. The van der Waals surface area contributed by atoms with Crippen molar-refractivity contribution in [2.75, 3.05) is 11.5 Å². The number of hydrogen-bond donors (Lipinski definition) is 1. The van der Waals surface area contributed by atoms with Crippen LogP contribution in [0.2, 0.25) is 0 Å². The smallest absolute Gasteiger partial charge is 0.220 e. The summed E-state index contributed by atoms with van der Waals surface area (Å²) in [5.41, 5.74) is 0. The van der Waals surface area contributed by atoms with E-state index >= 15 is 0 Å². The van der Waals surface area contributed by atoms with E-state index in [4.69, 9.17) is 0 Å². The summed E-state index contributed by atoms with van der Waals surface area (Å²) in [6.07, 6.45) is 2.59. The SMILES string of the molecule is O=C(CC1CCS(=O)(=O)C1)NCc1nccs1. The molecule has 1 amide bonds. The number of carbonyl (C=O) groups is 1. The van der Waals surface area contributed by atoms with Crippen molar-refractivity contribution in [1.29, 1.82) is 0 Å². The molecule has 17 heavy (non-hydrogen) atoms. The third-order valence-corrected chi connectivity index (χ3v) is 5.34. The van der Waals surface area contributed by atoms with Crippen molar-refractivity contribution >= 4 is 27.1 Å². The fraction of sp³-hybridized carbons (Fsp3) is 0.600. The molecular weight excluding hydrogens is 260 g/mol. The first kappa shape index (κ1) is 12.5. The topological polar surface area (TPSA) is 76.1 Å². The van der Waals surface area contributed by atoms with Gasteiger partial charge in [0.1, 0.15) is 5.01 Å². The summed E-state index contributed by atoms with van der Waals surface area (Å²) < 4.78 is 22.5. The molecule has 0 aliphatic carbocycles. The highest BCUT2D eigenvalue weighted by Gasteiger charge is 2.29. The minimum atomic E-state index is -2.89. The lowest BCUT2D eigenvalue weighted by Crippen LogP contribution is -2.25. The van der Waals surface area contributed by atoms with Crippen LogP contribution in [0.25, 0.3) is 0 Å². The van der Waals surface area contributed by atoms with E-state index in [1.807, 2.05) is 5.38 Å². The quantitative estimate of drug-likeness (QED) is 0.871. The Balaban J connectivity index is 1.75. The lowest BCUT2D eigenvalue weighted by atomic mass is 10.1. The van der Waals surface area contributed by atoms with Crippen molar-refractivity contribution in [1.82, 2.24) is 10.3 Å². The normalized spacial score (nSPS) is 22.5. The zero-order valence-electron chi connectivity index (χ0n) is 9.26. The van der Waals surface area contributed by atoms with Crippen LogP contribution in [-0.2, 0) is 21.2 Å². The number of rotatable bonds is 4. The van der Waals surface area contributed by atoms with Crippen LogP contribution in [0, 0.1) is 5.92 Å². The van der Waals surface area contributed by atoms with Gasteiger partial charge in [0.2, 0.25) is 5.91 Å². The highest BCUT2D eigenvalue weighted by atomic mass is 32.2. The monoisotopic (exact) mass is 274 g/mol. The third-order valence-electron chi connectivity index (χ3n) is 2.72. The maximum absolute atomic E-state index is 11.6. The Kier molecular flexibility index (Phi) is 3.78. The summed E-state index contributed by atoms with van der Waals surface area (Å²) in [5.74, 6) is 0.258. The molecule has 1 saturated heterocycles. The summed E-state index contributed by atoms with van der Waals surface area (Å²) in [6, 6.07) is 0. The van der Waals surface area contributed by atoms with Crippen molar-refractivity contribution in [3.05, 3.63) is 16.6 Å². The van der Waals surface area contributed by atoms with E-state index < -0.39 is 9.84 Å². The predicted molar refractivity (Wildman–Crippen MR) is 65.3 cm³/mol. The van der Waals surface area contributed by atoms with Crippen LogP contribution in [0.15, 0.2) is 11.6 Å². The van der Waals surface area contributed by atoms with E-state index in [-0.39, 0.29) is 23.3 Å². The van der Waals surface area contributed by atoms with Crippen LogP contribution in [0.1, 0.15) is 17.8 Å². The third kappa shape index (κ3) is 3.78. The second-order valence-corrected chi connectivity index (χ2v) is 7.38. The number of thiazole rings is 1. The Bertz CT molecular complexity index is 482. The van der Waals surface area contributed by atoms with Gasteiger partial charge in [0.15, 0.2) is 9.84 Å². The zero-order valence-corrected chi connectivity index (χ0v) is 10.9. The minimum Gasteiger partial charge on any atom is -0.350 e. The molecule has 0 radical (unpaired) electrons. The summed E-state index contributed by atoms with van der Waals surface area (Å²) in [6.45, 7) is 0.427. The standard InChI is InChI=1S/C10H14N2O3S2/c13-9(12-6-10-11-2-3-16-10)5-8-1-4-17(14,15)7-8/h2-3,8H,1,4-7H2,(H,12,13). The lowest BCUT2D eigenvalue weighted by molar-refractivity contribution is -0.122. The van der Waals surface area contributed by atoms with Crippen molar-refractivity contribution in [3.8, 4) is 0 Å². The van der Waals surface area contributed by atoms with E-state index in [0.29, 0.717) is 19.4 Å². The van der Waals surface area contributed by atoms with E-state index in [1.165, 1.54) is 11.3 Å². The molecule has 1 atom stereocenters. The fourth-order valence-electron chi connectivity index (χ4n) is 1.88. The van der Waals surface area contributed by atoms with Gasteiger partial charge >= 0.3 is 0 Å². The Hall–Kier alpha value is -0.950. The van der Waals surface area contributed by atoms with Gasteiger partial charge in [-0.25, -0.2) is 13.4 Å². The zero-order chi connectivity index (χ0) is 12.3. The molecule has 0 bridgehead atoms. The number of nitrogens with one attached hydrogen (secondary N) is 1. The Labute approximate surface area is 104 Å². The van der Waals surface area contributed by atoms with Gasteiger partial charge in [-0.3, -0.25) is 4.79 Å². The highest BCUT2D eigenvalue weighted by molar-refractivity contribution is 7.91. The van der Waals surface area contributed by atoms with E-state index in [1.54, 1.807) is 6.20 Å². The van der Waals surface area contributed by atoms with Crippen LogP contribution in [0.3, 0.4) is 0 Å². The van der Waals surface area contributed by atoms with Gasteiger partial charge in [0.05, 0.1) is 18.1 Å². The Morgan fingerprint density at radius 3 is 3.00 bits per heavy atom. The largest absolute Gasteiger partial charge is 0.350 e. The van der Waals surface area contributed by atoms with Crippen molar-refractivity contribution in [2.24, 2.45) is 5.92 Å². The van der Waals surface area contributed by atoms with Crippen LogP contribution < -0.4 is 5.32 Å². The molecule has 0 saturated carbocycles. The maximum Gasteiger partial charge on any atom is 0.220 e. The average molecular weight is 274 g/mol. The summed E-state index contributed by atoms with van der Waals surface area (Å²) in [5, 5.41) is 5.46. The molecule has 1 N–H and O–H groups in total. The molecule has 2 rings (SSSR count). The maximum atomic E-state index is 11.6. The van der Waals surface area contributed by atoms with Gasteiger partial charge < -0.3 is 5.32 Å². The minimum absolute atomic E-state index is 0.0173. The average Bonchev–Trinajstić information content (AvgIpc) is 2.85. The molecule has 94 valence electrons. The van der Waals surface area contributed by atoms with Crippen molar-refractivity contribution in [2.45, 2.75) is 19.4 Å². The Morgan fingerprint density at radius 1 is 1.59 bits per heavy atom. The van der Waals surface area contributed by atoms with Gasteiger partial charge in [0.25, 0.3) is 0 Å². The first-order valence-electron chi connectivity index (χ1n) is 5.41.